The highest BCUT2D eigenvalue weighted by Crippen LogP contribution is 2.36. The molecule has 2 unspecified atom stereocenters. The van der Waals surface area contributed by atoms with Crippen LogP contribution < -0.4 is 10.9 Å². The van der Waals surface area contributed by atoms with E-state index in [4.69, 9.17) is 9.84 Å². The molecular weight excluding hydrogens is 468 g/mol. The van der Waals surface area contributed by atoms with Gasteiger partial charge in [0.05, 0.1) is 34.7 Å². The van der Waals surface area contributed by atoms with E-state index < -0.39 is 81.7 Å². The highest BCUT2D eigenvalue weighted by atomic mass is 16.7. The van der Waals surface area contributed by atoms with Crippen molar-refractivity contribution in [3.05, 3.63) is 38.4 Å². The molecule has 1 fully saturated rings. The molecule has 1 saturated heterocycles. The molecule has 188 valence electrons. The van der Waals surface area contributed by atoms with E-state index in [0.717, 1.165) is 19.1 Å². The number of rotatable bonds is 10. The standard InChI is InChI=1S/C17H22N4O13/c1-6(23)11-14(26)12(15(13(25)10(24)5-22)34-17(11,29)16(27)28)19-18-8-3-2-7(20(30)31)4-9(8)21(32)33/h2-4,10-15,18-19,22,24-26,29H,5H2,1H3,(H,27,28)/t10-,11?,12-,13-,14+,15-,17?/m1/s1. The van der Waals surface area contributed by atoms with Crippen LogP contribution in [0.15, 0.2) is 18.2 Å². The van der Waals surface area contributed by atoms with Crippen molar-refractivity contribution >= 4 is 28.8 Å². The van der Waals surface area contributed by atoms with Gasteiger partial charge in [-0.2, -0.15) is 0 Å². The maximum absolute atomic E-state index is 12.0. The van der Waals surface area contributed by atoms with Crippen molar-refractivity contribution in [2.75, 3.05) is 12.0 Å². The number of ketones is 1. The summed E-state index contributed by atoms with van der Waals surface area (Å²) in [6, 6.07) is 0.748. The number of aliphatic carboxylic acids is 1. The number of hydrogen-bond donors (Lipinski definition) is 8. The molecule has 7 atom stereocenters. The predicted molar refractivity (Wildman–Crippen MR) is 107 cm³/mol. The fourth-order valence-corrected chi connectivity index (χ4v) is 3.51. The number of nitro benzene ring substituents is 2. The third-order valence-corrected chi connectivity index (χ3v) is 5.23. The predicted octanol–water partition coefficient (Wildman–Crippen LogP) is -2.76. The van der Waals surface area contributed by atoms with Gasteiger partial charge in [0.25, 0.3) is 11.5 Å². The van der Waals surface area contributed by atoms with Crippen molar-refractivity contribution in [2.45, 2.75) is 43.2 Å². The van der Waals surface area contributed by atoms with Gasteiger partial charge >= 0.3 is 11.7 Å². The number of Topliss-reactive ketones (excluding diaryl/α,β-unsaturated/α-hetero) is 1. The number of hydrazine groups is 1. The molecule has 0 amide bonds. The SMILES string of the molecule is CC(=O)C1[C@H](O)[C@@H](NNc2ccc([N+](=O)[O-])cc2[N+](=O)[O-])[C@H]([C@H](O)[C@H](O)CO)OC1(O)C(=O)O. The lowest BCUT2D eigenvalue weighted by molar-refractivity contribution is -0.393. The first-order chi connectivity index (χ1) is 15.8. The van der Waals surface area contributed by atoms with E-state index in [1.165, 1.54) is 0 Å². The Bertz CT molecular complexity index is 975. The second-order valence-electron chi connectivity index (χ2n) is 7.41. The lowest BCUT2D eigenvalue weighted by Crippen LogP contribution is -2.72. The van der Waals surface area contributed by atoms with E-state index in [9.17, 15) is 55.4 Å². The van der Waals surface area contributed by atoms with Gasteiger partial charge in [-0.25, -0.2) is 10.2 Å². The van der Waals surface area contributed by atoms with Crippen molar-refractivity contribution in [1.29, 1.82) is 0 Å². The van der Waals surface area contributed by atoms with E-state index in [0.29, 0.717) is 6.07 Å². The second kappa shape index (κ2) is 10.3. The minimum absolute atomic E-state index is 0.378. The lowest BCUT2D eigenvalue weighted by Gasteiger charge is -2.48. The molecular formula is C17H22N4O13. The topological polar surface area (TPSA) is 275 Å². The Kier molecular flexibility index (Phi) is 8.16. The number of benzene rings is 1. The third-order valence-electron chi connectivity index (χ3n) is 5.23. The van der Waals surface area contributed by atoms with E-state index in [-0.39, 0.29) is 5.69 Å². The van der Waals surface area contributed by atoms with Crippen LogP contribution in [0.25, 0.3) is 0 Å². The molecule has 0 aliphatic carbocycles. The quantitative estimate of drug-likeness (QED) is 0.122. The molecule has 17 nitrogen and oxygen atoms in total. The van der Waals surface area contributed by atoms with Crippen LogP contribution in [-0.2, 0) is 14.3 Å². The van der Waals surface area contributed by atoms with Crippen molar-refractivity contribution in [3.8, 4) is 0 Å². The van der Waals surface area contributed by atoms with Crippen LogP contribution in [-0.4, -0.2) is 95.1 Å². The Balaban J connectivity index is 2.47. The summed E-state index contributed by atoms with van der Waals surface area (Å²) in [5, 5.41) is 82.0. The minimum Gasteiger partial charge on any atom is -0.477 e. The Morgan fingerprint density at radius 2 is 1.85 bits per heavy atom. The number of carbonyl (C=O) groups excluding carboxylic acids is 1. The van der Waals surface area contributed by atoms with Gasteiger partial charge < -0.3 is 40.8 Å². The molecule has 1 aromatic rings. The van der Waals surface area contributed by atoms with Gasteiger partial charge in [-0.05, 0) is 13.0 Å². The number of aliphatic hydroxyl groups excluding tert-OH is 4. The number of carboxylic acids is 1. The molecule has 1 aliphatic rings. The first kappa shape index (κ1) is 26.9. The number of non-ortho nitro benzene ring substituents is 1. The van der Waals surface area contributed by atoms with Crippen molar-refractivity contribution < 1.29 is 54.8 Å². The number of carboxylic acid groups (broad SMARTS) is 1. The van der Waals surface area contributed by atoms with Gasteiger partial charge in [0.2, 0.25) is 0 Å². The highest BCUT2D eigenvalue weighted by molar-refractivity contribution is 5.88. The summed E-state index contributed by atoms with van der Waals surface area (Å²) >= 11 is 0. The second-order valence-corrected chi connectivity index (χ2v) is 7.41. The number of anilines is 1. The monoisotopic (exact) mass is 490 g/mol. The van der Waals surface area contributed by atoms with Gasteiger partial charge in [0.15, 0.2) is 0 Å². The molecule has 0 spiro atoms. The molecule has 0 aromatic heterocycles. The minimum atomic E-state index is -3.34. The number of nitrogens with one attached hydrogen (secondary N) is 2. The summed E-state index contributed by atoms with van der Waals surface area (Å²) in [5.74, 6) is -8.60. The van der Waals surface area contributed by atoms with Gasteiger partial charge in [-0.15, -0.1) is 0 Å². The normalized spacial score (nSPS) is 28.5. The molecule has 0 saturated carbocycles. The first-order valence-corrected chi connectivity index (χ1v) is 9.49. The maximum atomic E-state index is 12.0. The zero-order valence-corrected chi connectivity index (χ0v) is 17.3. The summed E-state index contributed by atoms with van der Waals surface area (Å²) < 4.78 is 5.02. The van der Waals surface area contributed by atoms with Gasteiger partial charge in [0, 0.05) is 6.07 Å². The molecule has 2 rings (SSSR count). The molecule has 17 heteroatoms. The highest BCUT2D eigenvalue weighted by Gasteiger charge is 2.61. The number of aliphatic hydroxyl groups is 5. The number of hydrogen-bond acceptors (Lipinski definition) is 14. The first-order valence-electron chi connectivity index (χ1n) is 9.49. The van der Waals surface area contributed by atoms with E-state index >= 15 is 0 Å². The summed E-state index contributed by atoms with van der Waals surface area (Å²) in [4.78, 5) is 44.0. The third kappa shape index (κ3) is 5.09. The van der Waals surface area contributed by atoms with Gasteiger partial charge in [-0.3, -0.25) is 25.0 Å². The van der Waals surface area contributed by atoms with Crippen LogP contribution >= 0.6 is 0 Å². The fourth-order valence-electron chi connectivity index (χ4n) is 3.51. The molecule has 1 aromatic carbocycles. The summed E-state index contributed by atoms with van der Waals surface area (Å²) in [7, 11) is 0. The van der Waals surface area contributed by atoms with Crippen LogP contribution in [0.2, 0.25) is 0 Å². The number of ether oxygens (including phenoxy) is 1. The molecule has 1 heterocycles. The largest absolute Gasteiger partial charge is 0.477 e. The van der Waals surface area contributed by atoms with Crippen molar-refractivity contribution in [3.63, 3.8) is 0 Å². The molecule has 8 N–H and O–H groups in total. The molecule has 0 bridgehead atoms. The van der Waals surface area contributed by atoms with Crippen LogP contribution in [0.4, 0.5) is 17.1 Å². The molecule has 34 heavy (non-hydrogen) atoms. The van der Waals surface area contributed by atoms with Crippen LogP contribution in [0.5, 0.6) is 0 Å². The zero-order valence-electron chi connectivity index (χ0n) is 17.3. The van der Waals surface area contributed by atoms with Crippen LogP contribution in [0.1, 0.15) is 6.92 Å². The Morgan fingerprint density at radius 3 is 2.32 bits per heavy atom. The van der Waals surface area contributed by atoms with Gasteiger partial charge in [0.1, 0.15) is 35.7 Å². The van der Waals surface area contributed by atoms with Crippen molar-refractivity contribution in [1.82, 2.24) is 5.43 Å². The Labute approximate surface area is 189 Å². The average Bonchev–Trinajstić information content (AvgIpc) is 2.76. The smallest absolute Gasteiger partial charge is 0.365 e. The fraction of sp³-hybridized carbons (Fsp3) is 0.529. The van der Waals surface area contributed by atoms with Crippen LogP contribution in [0, 0.1) is 26.1 Å². The van der Waals surface area contributed by atoms with E-state index in [1.54, 1.807) is 0 Å². The number of nitrogens with zero attached hydrogens (tertiary/aromatic N) is 2. The Morgan fingerprint density at radius 1 is 1.24 bits per heavy atom. The van der Waals surface area contributed by atoms with Crippen molar-refractivity contribution in [2.24, 2.45) is 5.92 Å². The summed E-state index contributed by atoms with van der Waals surface area (Å²) in [6.45, 7) is -0.205. The lowest BCUT2D eigenvalue weighted by atomic mass is 9.78. The molecule has 1 aliphatic heterocycles. The Hall–Kier alpha value is -3.32. The maximum Gasteiger partial charge on any atom is 0.365 e. The summed E-state index contributed by atoms with van der Waals surface area (Å²) in [6.07, 6.45) is -8.22. The van der Waals surface area contributed by atoms with E-state index in [2.05, 4.69) is 10.9 Å². The zero-order chi connectivity index (χ0) is 26.0. The number of nitro groups is 2. The average molecular weight is 490 g/mol. The molecule has 0 radical (unpaired) electrons. The number of carbonyl (C=O) groups is 2. The van der Waals surface area contributed by atoms with Gasteiger partial charge in [-0.1, -0.05) is 0 Å². The van der Waals surface area contributed by atoms with E-state index in [1.807, 2.05) is 0 Å². The summed E-state index contributed by atoms with van der Waals surface area (Å²) in [5.41, 5.74) is 2.79. The van der Waals surface area contributed by atoms with Crippen LogP contribution in [0.3, 0.4) is 0 Å².